The summed E-state index contributed by atoms with van der Waals surface area (Å²) >= 11 is -0.648. The van der Waals surface area contributed by atoms with Crippen LogP contribution in [-0.2, 0) is 10.8 Å². The summed E-state index contributed by atoms with van der Waals surface area (Å²) in [6.07, 6.45) is 3.92. The molecule has 0 aliphatic carbocycles. The van der Waals surface area contributed by atoms with Crippen LogP contribution in [-0.4, -0.2) is 30.9 Å². The van der Waals surface area contributed by atoms with Crippen LogP contribution in [0, 0.1) is 0 Å². The van der Waals surface area contributed by atoms with Crippen LogP contribution in [0.15, 0.2) is 73.1 Å². The van der Waals surface area contributed by atoms with Gasteiger partial charge in [-0.05, 0) is 0 Å². The van der Waals surface area contributed by atoms with E-state index in [9.17, 15) is 0 Å². The number of rotatable bonds is 6. The van der Waals surface area contributed by atoms with E-state index in [4.69, 9.17) is 9.97 Å². The van der Waals surface area contributed by atoms with Crippen molar-refractivity contribution in [2.24, 2.45) is 0 Å². The molecule has 0 saturated heterocycles. The van der Waals surface area contributed by atoms with Gasteiger partial charge < -0.3 is 0 Å². The molecule has 0 fully saturated rings. The van der Waals surface area contributed by atoms with Crippen molar-refractivity contribution in [2.45, 2.75) is 91.9 Å². The molecule has 4 rings (SSSR count). The molecule has 0 spiro atoms. The van der Waals surface area contributed by atoms with Crippen molar-refractivity contribution in [3.8, 4) is 22.5 Å². The normalized spacial score (nSPS) is 12.4. The zero-order chi connectivity index (χ0) is 28.5. The molecular formula is C36H44N2Te. The number of benzene rings is 2. The number of pyridine rings is 2. The molecule has 2 nitrogen and oxygen atoms in total. The maximum absolute atomic E-state index is 4.79. The Kier molecular flexibility index (Phi) is 8.75. The zero-order valence-corrected chi connectivity index (χ0v) is 27.7. The summed E-state index contributed by atoms with van der Waals surface area (Å²) in [5, 5.41) is 0. The summed E-state index contributed by atoms with van der Waals surface area (Å²) in [5.41, 5.74) is 10.1. The second-order valence-corrected chi connectivity index (χ2v) is 16.6. The molecule has 0 N–H and O–H groups in total. The third-order valence-corrected chi connectivity index (χ3v) is 9.96. The van der Waals surface area contributed by atoms with E-state index in [1.807, 2.05) is 12.4 Å². The second kappa shape index (κ2) is 11.6. The standard InChI is InChI=1S/C36H44N2Te/c1-23(2)25-11-13-37-33(19-25)27-15-29(35(5,6)7)21-31(17-27)39-32-18-28(16-30(22-32)36(8,9)10)34-20-26(24(3)4)12-14-38-34/h11-24H,1-10H3. The van der Waals surface area contributed by atoms with Crippen LogP contribution in [0.25, 0.3) is 22.5 Å². The van der Waals surface area contributed by atoms with Crippen LogP contribution in [0.2, 0.25) is 0 Å². The van der Waals surface area contributed by atoms with Gasteiger partial charge in [0.25, 0.3) is 0 Å². The van der Waals surface area contributed by atoms with E-state index in [0.29, 0.717) is 11.8 Å². The fourth-order valence-electron chi connectivity index (χ4n) is 4.54. The van der Waals surface area contributed by atoms with Gasteiger partial charge in [-0.3, -0.25) is 0 Å². The Bertz CT molecular complexity index is 1340. The fraction of sp³-hybridized carbons (Fsp3) is 0.389. The Balaban J connectivity index is 1.83. The minimum atomic E-state index is -0.648. The zero-order valence-electron chi connectivity index (χ0n) is 25.4. The summed E-state index contributed by atoms with van der Waals surface area (Å²) in [6, 6.07) is 23.2. The molecule has 0 atom stereocenters. The topological polar surface area (TPSA) is 25.8 Å². The minimum absolute atomic E-state index is 0.0625. The summed E-state index contributed by atoms with van der Waals surface area (Å²) in [7, 11) is 0. The first kappa shape index (κ1) is 29.5. The van der Waals surface area contributed by atoms with E-state index < -0.39 is 20.9 Å². The average Bonchev–Trinajstić information content (AvgIpc) is 2.87. The van der Waals surface area contributed by atoms with Gasteiger partial charge in [0.2, 0.25) is 0 Å². The molecule has 0 saturated carbocycles. The van der Waals surface area contributed by atoms with Crippen molar-refractivity contribution in [1.82, 2.24) is 9.97 Å². The molecule has 2 aromatic heterocycles. The van der Waals surface area contributed by atoms with Gasteiger partial charge in [0.1, 0.15) is 0 Å². The van der Waals surface area contributed by atoms with Crippen LogP contribution in [0.1, 0.15) is 103 Å². The number of nitrogens with zero attached hydrogens (tertiary/aromatic N) is 2. The van der Waals surface area contributed by atoms with Gasteiger partial charge >= 0.3 is 248 Å². The Morgan fingerprint density at radius 3 is 1.26 bits per heavy atom. The van der Waals surface area contributed by atoms with Crippen molar-refractivity contribution < 1.29 is 0 Å². The van der Waals surface area contributed by atoms with E-state index in [-0.39, 0.29) is 10.8 Å². The number of aromatic nitrogens is 2. The molecule has 204 valence electrons. The third kappa shape index (κ3) is 7.39. The van der Waals surface area contributed by atoms with Gasteiger partial charge in [0.15, 0.2) is 0 Å². The van der Waals surface area contributed by atoms with Gasteiger partial charge in [-0.15, -0.1) is 0 Å². The molecule has 2 heterocycles. The molecule has 39 heavy (non-hydrogen) atoms. The van der Waals surface area contributed by atoms with Crippen molar-refractivity contribution >= 4 is 28.1 Å². The predicted octanol–water partition coefficient (Wildman–Crippen LogP) is 8.31. The van der Waals surface area contributed by atoms with Crippen LogP contribution in [0.3, 0.4) is 0 Å². The molecular weight excluding hydrogens is 588 g/mol. The second-order valence-electron chi connectivity index (χ2n) is 13.4. The molecule has 0 amide bonds. The Labute approximate surface area is 246 Å². The molecule has 0 aliphatic rings. The molecule has 0 aliphatic heterocycles. The van der Waals surface area contributed by atoms with Crippen LogP contribution < -0.4 is 7.22 Å². The molecule has 0 radical (unpaired) electrons. The van der Waals surface area contributed by atoms with Crippen LogP contribution >= 0.6 is 0 Å². The van der Waals surface area contributed by atoms with Crippen molar-refractivity contribution in [3.63, 3.8) is 0 Å². The summed E-state index contributed by atoms with van der Waals surface area (Å²) < 4.78 is 2.89. The van der Waals surface area contributed by atoms with Crippen LogP contribution in [0.5, 0.6) is 0 Å². The molecule has 0 bridgehead atoms. The number of hydrogen-bond donors (Lipinski definition) is 0. The third-order valence-electron chi connectivity index (χ3n) is 7.27. The van der Waals surface area contributed by atoms with Crippen molar-refractivity contribution in [3.05, 3.63) is 95.3 Å². The first-order chi connectivity index (χ1) is 18.2. The Morgan fingerprint density at radius 1 is 0.538 bits per heavy atom. The first-order valence-corrected chi connectivity index (χ1v) is 16.5. The quantitative estimate of drug-likeness (QED) is 0.200. The van der Waals surface area contributed by atoms with E-state index >= 15 is 0 Å². The SMILES string of the molecule is CC(C)c1ccnc(-c2cc([Te]c3cc(-c4cc(C(C)C)ccn4)cc(C(C)(C)C)c3)cc(C(C)(C)C)c2)c1. The molecule has 0 unspecified atom stereocenters. The average molecular weight is 632 g/mol. The summed E-state index contributed by atoms with van der Waals surface area (Å²) in [5.74, 6) is 0.958. The van der Waals surface area contributed by atoms with Gasteiger partial charge in [-0.1, -0.05) is 0 Å². The van der Waals surface area contributed by atoms with Crippen LogP contribution in [0.4, 0.5) is 0 Å². The first-order valence-electron chi connectivity index (χ1n) is 14.1. The van der Waals surface area contributed by atoms with Crippen molar-refractivity contribution in [2.75, 3.05) is 0 Å². The fourth-order valence-corrected chi connectivity index (χ4v) is 7.44. The van der Waals surface area contributed by atoms with E-state index in [1.165, 1.54) is 40.6 Å². The predicted molar refractivity (Wildman–Crippen MR) is 170 cm³/mol. The maximum atomic E-state index is 4.79. The summed E-state index contributed by atoms with van der Waals surface area (Å²) in [4.78, 5) is 9.58. The van der Waals surface area contributed by atoms with Gasteiger partial charge in [-0.25, -0.2) is 0 Å². The van der Waals surface area contributed by atoms with E-state index in [0.717, 1.165) is 11.4 Å². The van der Waals surface area contributed by atoms with Gasteiger partial charge in [0, 0.05) is 0 Å². The Hall–Kier alpha value is -2.47. The van der Waals surface area contributed by atoms with Crippen molar-refractivity contribution in [1.29, 1.82) is 0 Å². The molecule has 2 aromatic carbocycles. The molecule has 4 aromatic rings. The van der Waals surface area contributed by atoms with E-state index in [2.05, 4.69) is 130 Å². The van der Waals surface area contributed by atoms with Gasteiger partial charge in [0.05, 0.1) is 0 Å². The number of hydrogen-bond acceptors (Lipinski definition) is 2. The van der Waals surface area contributed by atoms with E-state index in [1.54, 1.807) is 0 Å². The summed E-state index contributed by atoms with van der Waals surface area (Å²) in [6.45, 7) is 22.8. The molecule has 3 heteroatoms. The van der Waals surface area contributed by atoms with Gasteiger partial charge in [-0.2, -0.15) is 0 Å². The monoisotopic (exact) mass is 634 g/mol. The Morgan fingerprint density at radius 2 is 0.923 bits per heavy atom.